The predicted octanol–water partition coefficient (Wildman–Crippen LogP) is 3.08. The van der Waals surface area contributed by atoms with Crippen molar-refractivity contribution in [3.05, 3.63) is 46.8 Å². The standard InChI is InChI=1S/C20H20N6O2S2/c1-14-3-2-4-16(11-14)26-19(25-6-8-28-9-7-25)23-24-20(26)30-13-17(27)22-18-15(12-21)5-10-29-18/h2-5,10-11H,6-9,13H2,1H3,(H,22,27). The maximum absolute atomic E-state index is 12.4. The number of rotatable bonds is 6. The first-order chi connectivity index (χ1) is 14.7. The molecule has 3 aromatic rings. The minimum absolute atomic E-state index is 0.163. The van der Waals surface area contributed by atoms with Crippen LogP contribution in [0.25, 0.3) is 5.69 Å². The van der Waals surface area contributed by atoms with E-state index in [0.29, 0.717) is 28.9 Å². The third-order valence-electron chi connectivity index (χ3n) is 4.54. The Kier molecular flexibility index (Phi) is 6.32. The summed E-state index contributed by atoms with van der Waals surface area (Å²) >= 11 is 2.65. The highest BCUT2D eigenvalue weighted by molar-refractivity contribution is 7.99. The Bertz CT molecular complexity index is 1080. The van der Waals surface area contributed by atoms with Crippen molar-refractivity contribution < 1.29 is 9.53 Å². The summed E-state index contributed by atoms with van der Waals surface area (Å²) in [7, 11) is 0. The van der Waals surface area contributed by atoms with Gasteiger partial charge in [-0.05, 0) is 36.1 Å². The molecule has 0 aliphatic carbocycles. The molecular weight excluding hydrogens is 420 g/mol. The fourth-order valence-corrected chi connectivity index (χ4v) is 4.60. The van der Waals surface area contributed by atoms with Gasteiger partial charge in [0.05, 0.1) is 30.2 Å². The number of hydrogen-bond acceptors (Lipinski definition) is 8. The molecule has 4 rings (SSSR count). The molecule has 10 heteroatoms. The molecule has 30 heavy (non-hydrogen) atoms. The molecule has 1 saturated heterocycles. The molecule has 1 aliphatic rings. The third kappa shape index (κ3) is 4.48. The highest BCUT2D eigenvalue weighted by atomic mass is 32.2. The van der Waals surface area contributed by atoms with Gasteiger partial charge in [-0.3, -0.25) is 9.36 Å². The Hall–Kier alpha value is -2.87. The van der Waals surface area contributed by atoms with Crippen molar-refractivity contribution in [2.24, 2.45) is 0 Å². The number of ether oxygens (including phenoxy) is 1. The Morgan fingerprint density at radius 1 is 1.33 bits per heavy atom. The number of nitriles is 1. The number of amides is 1. The Morgan fingerprint density at radius 2 is 2.17 bits per heavy atom. The van der Waals surface area contributed by atoms with Gasteiger partial charge in [0.25, 0.3) is 0 Å². The lowest BCUT2D eigenvalue weighted by atomic mass is 10.2. The van der Waals surface area contributed by atoms with E-state index in [4.69, 9.17) is 10.00 Å². The summed E-state index contributed by atoms with van der Waals surface area (Å²) < 4.78 is 7.45. The van der Waals surface area contributed by atoms with Crippen molar-refractivity contribution in [2.45, 2.75) is 12.1 Å². The second-order valence-electron chi connectivity index (χ2n) is 6.67. The van der Waals surface area contributed by atoms with Crippen LogP contribution in [-0.4, -0.2) is 52.7 Å². The highest BCUT2D eigenvalue weighted by Gasteiger charge is 2.22. The zero-order valence-electron chi connectivity index (χ0n) is 16.4. The lowest BCUT2D eigenvalue weighted by Crippen LogP contribution is -2.37. The zero-order chi connectivity index (χ0) is 20.9. The molecule has 1 aliphatic heterocycles. The number of anilines is 2. The summed E-state index contributed by atoms with van der Waals surface area (Å²) in [5, 5.41) is 23.7. The molecule has 2 aromatic heterocycles. The number of aryl methyl sites for hydroxylation is 1. The molecule has 0 unspecified atom stereocenters. The van der Waals surface area contributed by atoms with Gasteiger partial charge >= 0.3 is 0 Å². The minimum Gasteiger partial charge on any atom is -0.378 e. The number of aromatic nitrogens is 3. The van der Waals surface area contributed by atoms with Gasteiger partial charge in [0, 0.05) is 13.1 Å². The van der Waals surface area contributed by atoms with Crippen LogP contribution in [-0.2, 0) is 9.53 Å². The monoisotopic (exact) mass is 440 g/mol. The van der Waals surface area contributed by atoms with Crippen LogP contribution in [0.3, 0.4) is 0 Å². The summed E-state index contributed by atoms with van der Waals surface area (Å²) in [5.74, 6) is 0.720. The summed E-state index contributed by atoms with van der Waals surface area (Å²) in [6.45, 7) is 4.81. The summed E-state index contributed by atoms with van der Waals surface area (Å²) in [5.41, 5.74) is 2.55. The van der Waals surface area contributed by atoms with Crippen molar-refractivity contribution in [2.75, 3.05) is 42.3 Å². The summed E-state index contributed by atoms with van der Waals surface area (Å²) in [6.07, 6.45) is 0. The Balaban J connectivity index is 1.56. The Labute approximate surface area is 182 Å². The molecule has 0 bridgehead atoms. The smallest absolute Gasteiger partial charge is 0.235 e. The van der Waals surface area contributed by atoms with E-state index in [1.54, 1.807) is 11.4 Å². The van der Waals surface area contributed by atoms with Crippen molar-refractivity contribution in [3.63, 3.8) is 0 Å². The third-order valence-corrected chi connectivity index (χ3v) is 6.30. The number of morpholine rings is 1. The number of nitrogens with one attached hydrogen (secondary N) is 1. The van der Waals surface area contributed by atoms with Gasteiger partial charge in [0.15, 0.2) is 5.16 Å². The zero-order valence-corrected chi connectivity index (χ0v) is 18.0. The molecule has 1 fully saturated rings. The van der Waals surface area contributed by atoms with Crippen LogP contribution in [0.1, 0.15) is 11.1 Å². The molecule has 154 valence electrons. The van der Waals surface area contributed by atoms with E-state index in [-0.39, 0.29) is 11.7 Å². The number of thiophene rings is 1. The number of thioether (sulfide) groups is 1. The van der Waals surface area contributed by atoms with Crippen LogP contribution >= 0.6 is 23.1 Å². The number of carbonyl (C=O) groups excluding carboxylic acids is 1. The first-order valence-electron chi connectivity index (χ1n) is 9.41. The number of hydrogen-bond donors (Lipinski definition) is 1. The minimum atomic E-state index is -0.189. The number of nitrogens with zero attached hydrogens (tertiary/aromatic N) is 5. The molecule has 0 spiro atoms. The van der Waals surface area contributed by atoms with Crippen LogP contribution in [0, 0.1) is 18.3 Å². The first-order valence-corrected chi connectivity index (χ1v) is 11.3. The van der Waals surface area contributed by atoms with Crippen molar-refractivity contribution in [3.8, 4) is 11.8 Å². The van der Waals surface area contributed by atoms with E-state index >= 15 is 0 Å². The quantitative estimate of drug-likeness (QED) is 0.589. The highest BCUT2D eigenvalue weighted by Crippen LogP contribution is 2.28. The number of benzene rings is 1. The average molecular weight is 441 g/mol. The normalized spacial score (nSPS) is 13.8. The lowest BCUT2D eigenvalue weighted by Gasteiger charge is -2.28. The molecule has 1 amide bonds. The van der Waals surface area contributed by atoms with Crippen LogP contribution in [0.15, 0.2) is 40.9 Å². The molecule has 8 nitrogen and oxygen atoms in total. The van der Waals surface area contributed by atoms with E-state index in [1.807, 2.05) is 29.7 Å². The first kappa shape index (κ1) is 20.4. The van der Waals surface area contributed by atoms with Gasteiger partial charge < -0.3 is 15.0 Å². The second kappa shape index (κ2) is 9.30. The summed E-state index contributed by atoms with van der Waals surface area (Å²) in [4.78, 5) is 14.6. The molecular formula is C20H20N6O2S2. The largest absolute Gasteiger partial charge is 0.378 e. The van der Waals surface area contributed by atoms with Crippen LogP contribution < -0.4 is 10.2 Å². The molecule has 0 radical (unpaired) electrons. The maximum Gasteiger partial charge on any atom is 0.235 e. The van der Waals surface area contributed by atoms with Gasteiger partial charge in [-0.25, -0.2) is 0 Å². The maximum atomic E-state index is 12.4. The van der Waals surface area contributed by atoms with Crippen LogP contribution in [0.4, 0.5) is 10.9 Å². The Morgan fingerprint density at radius 3 is 2.93 bits per heavy atom. The van der Waals surface area contributed by atoms with E-state index < -0.39 is 0 Å². The van der Waals surface area contributed by atoms with Crippen molar-refractivity contribution in [1.82, 2.24) is 14.8 Å². The van der Waals surface area contributed by atoms with Gasteiger partial charge in [0.2, 0.25) is 11.9 Å². The van der Waals surface area contributed by atoms with E-state index in [2.05, 4.69) is 32.5 Å². The fourth-order valence-electron chi connectivity index (χ4n) is 3.10. The van der Waals surface area contributed by atoms with Gasteiger partial charge in [-0.2, -0.15) is 5.26 Å². The fraction of sp³-hybridized carbons (Fsp3) is 0.300. The van der Waals surface area contributed by atoms with Crippen molar-refractivity contribution in [1.29, 1.82) is 5.26 Å². The second-order valence-corrected chi connectivity index (χ2v) is 8.53. The number of carbonyl (C=O) groups is 1. The van der Waals surface area contributed by atoms with Gasteiger partial charge in [-0.15, -0.1) is 21.5 Å². The van der Waals surface area contributed by atoms with Crippen LogP contribution in [0.5, 0.6) is 0 Å². The predicted molar refractivity (Wildman–Crippen MR) is 118 cm³/mol. The lowest BCUT2D eigenvalue weighted by molar-refractivity contribution is -0.113. The molecule has 0 saturated carbocycles. The molecule has 1 aromatic carbocycles. The summed E-state index contributed by atoms with van der Waals surface area (Å²) in [6, 6.07) is 11.9. The topological polar surface area (TPSA) is 96.1 Å². The molecule has 1 N–H and O–H groups in total. The van der Waals surface area contributed by atoms with E-state index in [1.165, 1.54) is 23.1 Å². The molecule has 3 heterocycles. The van der Waals surface area contributed by atoms with Crippen LogP contribution in [0.2, 0.25) is 0 Å². The van der Waals surface area contributed by atoms with Crippen molar-refractivity contribution >= 4 is 40.0 Å². The van der Waals surface area contributed by atoms with Gasteiger partial charge in [-0.1, -0.05) is 23.9 Å². The average Bonchev–Trinajstić information content (AvgIpc) is 3.39. The van der Waals surface area contributed by atoms with E-state index in [0.717, 1.165) is 30.3 Å². The SMILES string of the molecule is Cc1cccc(-n2c(SCC(=O)Nc3sccc3C#N)nnc2N2CCOCC2)c1. The van der Waals surface area contributed by atoms with E-state index in [9.17, 15) is 4.79 Å². The molecule has 0 atom stereocenters. The van der Waals surface area contributed by atoms with Gasteiger partial charge in [0.1, 0.15) is 11.1 Å².